The number of rotatable bonds is 6. The first-order valence-corrected chi connectivity index (χ1v) is 11.2. The van der Waals surface area contributed by atoms with Crippen molar-refractivity contribution in [3.05, 3.63) is 59.5 Å². The van der Waals surface area contributed by atoms with Gasteiger partial charge in [-0.2, -0.15) is 0 Å². The molecule has 3 atom stereocenters. The molecule has 3 amide bonds. The monoisotopic (exact) mass is 470 g/mol. The molecule has 0 spiro atoms. The number of likely N-dealkylation sites (N-methyl/N-ethyl adjacent to an activating group) is 1. The van der Waals surface area contributed by atoms with Crippen molar-refractivity contribution >= 4 is 23.7 Å². The van der Waals surface area contributed by atoms with Gasteiger partial charge in [0.05, 0.1) is 19.2 Å². The van der Waals surface area contributed by atoms with Crippen molar-refractivity contribution < 1.29 is 23.8 Å². The van der Waals surface area contributed by atoms with Crippen molar-refractivity contribution in [2.24, 2.45) is 5.92 Å². The van der Waals surface area contributed by atoms with Crippen LogP contribution < -0.4 is 10.1 Å². The van der Waals surface area contributed by atoms with Crippen molar-refractivity contribution in [3.63, 3.8) is 0 Å². The summed E-state index contributed by atoms with van der Waals surface area (Å²) in [5.74, 6) is -0.618. The summed E-state index contributed by atoms with van der Waals surface area (Å²) in [6.45, 7) is 5.97. The highest BCUT2D eigenvalue weighted by molar-refractivity contribution is 5.97. The zero-order chi connectivity index (χ0) is 24.8. The SMILES string of the molecule is C/C=C/c1cnc2c(c1)C(=O)N([C@H](C)CO)C[C@H](C)[C@@H](CN(C)C(=O)Nc1ccc(F)cc1)O2. The van der Waals surface area contributed by atoms with E-state index in [4.69, 9.17) is 4.74 Å². The molecule has 3 rings (SSSR count). The number of nitrogens with one attached hydrogen (secondary N) is 1. The number of fused-ring (bicyclic) bond motifs is 1. The second-order valence-corrected chi connectivity index (χ2v) is 8.56. The molecule has 1 aliphatic rings. The molecule has 182 valence electrons. The molecule has 0 saturated heterocycles. The van der Waals surface area contributed by atoms with Crippen LogP contribution in [0, 0.1) is 11.7 Å². The number of amides is 3. The number of urea groups is 1. The van der Waals surface area contributed by atoms with Crippen LogP contribution in [-0.4, -0.2) is 70.7 Å². The normalized spacial score (nSPS) is 19.1. The van der Waals surface area contributed by atoms with Crippen LogP contribution in [0.5, 0.6) is 5.88 Å². The fourth-order valence-electron chi connectivity index (χ4n) is 3.72. The van der Waals surface area contributed by atoms with Crippen LogP contribution in [0.2, 0.25) is 0 Å². The summed E-state index contributed by atoms with van der Waals surface area (Å²) in [5.41, 5.74) is 1.55. The first kappa shape index (κ1) is 25.2. The van der Waals surface area contributed by atoms with Gasteiger partial charge in [0.15, 0.2) is 0 Å². The molecule has 1 aromatic heterocycles. The molecule has 9 heteroatoms. The molecule has 2 N–H and O–H groups in total. The zero-order valence-corrected chi connectivity index (χ0v) is 19.9. The van der Waals surface area contributed by atoms with E-state index >= 15 is 0 Å². The maximum absolute atomic E-state index is 13.3. The molecule has 0 bridgehead atoms. The second kappa shape index (κ2) is 11.1. The van der Waals surface area contributed by atoms with Crippen LogP contribution in [-0.2, 0) is 0 Å². The van der Waals surface area contributed by atoms with Crippen LogP contribution in [0.4, 0.5) is 14.9 Å². The van der Waals surface area contributed by atoms with Crippen molar-refractivity contribution in [2.75, 3.05) is 32.1 Å². The predicted molar refractivity (Wildman–Crippen MR) is 128 cm³/mol. The molecular weight excluding hydrogens is 439 g/mol. The quantitative estimate of drug-likeness (QED) is 0.672. The lowest BCUT2D eigenvalue weighted by atomic mass is 10.00. The van der Waals surface area contributed by atoms with Crippen LogP contribution in [0.25, 0.3) is 6.08 Å². The number of benzene rings is 1. The molecule has 0 radical (unpaired) electrons. The second-order valence-electron chi connectivity index (χ2n) is 8.56. The number of allylic oxidation sites excluding steroid dienone is 1. The van der Waals surface area contributed by atoms with Gasteiger partial charge in [0.2, 0.25) is 5.88 Å². The van der Waals surface area contributed by atoms with Crippen molar-refractivity contribution in [3.8, 4) is 5.88 Å². The lowest BCUT2D eigenvalue weighted by Gasteiger charge is -2.37. The number of carbonyl (C=O) groups excluding carboxylic acids is 2. The van der Waals surface area contributed by atoms with Gasteiger partial charge in [0, 0.05) is 31.4 Å². The summed E-state index contributed by atoms with van der Waals surface area (Å²) in [4.78, 5) is 33.5. The number of aliphatic hydroxyl groups is 1. The Labute approximate surface area is 199 Å². The molecule has 0 saturated carbocycles. The van der Waals surface area contributed by atoms with E-state index in [1.54, 1.807) is 31.1 Å². The lowest BCUT2D eigenvalue weighted by Crippen LogP contribution is -2.50. The molecule has 2 aromatic rings. The summed E-state index contributed by atoms with van der Waals surface area (Å²) in [6.07, 6.45) is 4.85. The Morgan fingerprint density at radius 2 is 2.12 bits per heavy atom. The Balaban J connectivity index is 1.85. The molecule has 8 nitrogen and oxygen atoms in total. The third-order valence-electron chi connectivity index (χ3n) is 5.80. The maximum Gasteiger partial charge on any atom is 0.321 e. The third-order valence-corrected chi connectivity index (χ3v) is 5.80. The fourth-order valence-corrected chi connectivity index (χ4v) is 3.72. The lowest BCUT2D eigenvalue weighted by molar-refractivity contribution is 0.0356. The average Bonchev–Trinajstić information content (AvgIpc) is 2.82. The number of hydrogen-bond donors (Lipinski definition) is 2. The number of hydrogen-bond acceptors (Lipinski definition) is 5. The van der Waals surface area contributed by atoms with Crippen LogP contribution in [0.3, 0.4) is 0 Å². The number of nitrogens with zero attached hydrogens (tertiary/aromatic N) is 3. The van der Waals surface area contributed by atoms with Gasteiger partial charge < -0.3 is 25.0 Å². The van der Waals surface area contributed by atoms with Gasteiger partial charge in [-0.05, 0) is 49.7 Å². The van der Waals surface area contributed by atoms with Gasteiger partial charge in [-0.25, -0.2) is 14.2 Å². The molecule has 0 aliphatic carbocycles. The smallest absolute Gasteiger partial charge is 0.321 e. The van der Waals surface area contributed by atoms with Gasteiger partial charge in [-0.1, -0.05) is 19.1 Å². The van der Waals surface area contributed by atoms with E-state index < -0.39 is 12.1 Å². The average molecular weight is 471 g/mol. The Hall–Kier alpha value is -3.46. The number of aliphatic hydroxyl groups excluding tert-OH is 1. The number of aromatic nitrogens is 1. The van der Waals surface area contributed by atoms with E-state index in [1.807, 2.05) is 26.0 Å². The first-order valence-electron chi connectivity index (χ1n) is 11.2. The molecule has 1 aliphatic heterocycles. The van der Waals surface area contributed by atoms with E-state index in [-0.39, 0.29) is 42.7 Å². The van der Waals surface area contributed by atoms with E-state index in [2.05, 4.69) is 10.3 Å². The minimum atomic E-state index is -0.468. The van der Waals surface area contributed by atoms with Gasteiger partial charge in [-0.15, -0.1) is 0 Å². The topological polar surface area (TPSA) is 95.0 Å². The standard InChI is InChI=1S/C25H31FN4O4/c1-5-6-18-11-21-23(27-12-18)34-22(16(2)13-30(24(21)32)17(3)15-31)14-29(4)25(33)28-20-9-7-19(26)8-10-20/h5-12,16-17,22,31H,13-15H2,1-4H3,(H,28,33)/b6-5+/t16-,17+,22+/m0/s1. The first-order chi connectivity index (χ1) is 16.2. The highest BCUT2D eigenvalue weighted by Crippen LogP contribution is 2.27. The molecule has 2 heterocycles. The number of ether oxygens (including phenoxy) is 1. The Morgan fingerprint density at radius 1 is 1.41 bits per heavy atom. The van der Waals surface area contributed by atoms with Crippen LogP contribution in [0.15, 0.2) is 42.6 Å². The third kappa shape index (κ3) is 5.91. The molecule has 0 fully saturated rings. The molecular formula is C25H31FN4O4. The van der Waals surface area contributed by atoms with Gasteiger partial charge in [0.25, 0.3) is 5.91 Å². The van der Waals surface area contributed by atoms with Gasteiger partial charge >= 0.3 is 6.03 Å². The Bertz CT molecular complexity index is 1040. The predicted octanol–water partition coefficient (Wildman–Crippen LogP) is 3.64. The van der Waals surface area contributed by atoms with Crippen LogP contribution >= 0.6 is 0 Å². The summed E-state index contributed by atoms with van der Waals surface area (Å²) < 4.78 is 19.3. The molecule has 1 aromatic carbocycles. The van der Waals surface area contributed by atoms with E-state index in [0.29, 0.717) is 17.8 Å². The fraction of sp³-hybridized carbons (Fsp3) is 0.400. The van der Waals surface area contributed by atoms with E-state index in [1.165, 1.54) is 29.2 Å². The van der Waals surface area contributed by atoms with Gasteiger partial charge in [0.1, 0.15) is 17.5 Å². The number of anilines is 1. The molecule has 0 unspecified atom stereocenters. The number of carbonyl (C=O) groups is 2. The summed E-state index contributed by atoms with van der Waals surface area (Å²) in [6, 6.07) is 6.46. The highest BCUT2D eigenvalue weighted by atomic mass is 19.1. The zero-order valence-electron chi connectivity index (χ0n) is 19.9. The summed E-state index contributed by atoms with van der Waals surface area (Å²) in [5, 5.41) is 12.5. The van der Waals surface area contributed by atoms with Gasteiger partial charge in [-0.3, -0.25) is 4.79 Å². The highest BCUT2D eigenvalue weighted by Gasteiger charge is 2.34. The maximum atomic E-state index is 13.3. The molecule has 34 heavy (non-hydrogen) atoms. The van der Waals surface area contributed by atoms with E-state index in [0.717, 1.165) is 5.56 Å². The summed E-state index contributed by atoms with van der Waals surface area (Å²) in [7, 11) is 1.64. The minimum Gasteiger partial charge on any atom is -0.472 e. The van der Waals surface area contributed by atoms with E-state index in [9.17, 15) is 19.1 Å². The minimum absolute atomic E-state index is 0.163. The van der Waals surface area contributed by atoms with Crippen molar-refractivity contribution in [1.29, 1.82) is 0 Å². The summed E-state index contributed by atoms with van der Waals surface area (Å²) >= 11 is 0. The number of halogens is 1. The van der Waals surface area contributed by atoms with Crippen molar-refractivity contribution in [2.45, 2.75) is 32.9 Å². The largest absolute Gasteiger partial charge is 0.472 e. The Kier molecular flexibility index (Phi) is 8.22. The van der Waals surface area contributed by atoms with Crippen molar-refractivity contribution in [1.82, 2.24) is 14.8 Å². The van der Waals surface area contributed by atoms with Crippen LogP contribution in [0.1, 0.15) is 36.7 Å². The Morgan fingerprint density at radius 3 is 2.76 bits per heavy atom. The number of pyridine rings is 1.